The number of nitrogens with zero attached hydrogens (tertiary/aromatic N) is 4. The van der Waals surface area contributed by atoms with Crippen LogP contribution >= 0.6 is 24.0 Å². The van der Waals surface area contributed by atoms with Crippen molar-refractivity contribution in [1.29, 1.82) is 0 Å². The van der Waals surface area contributed by atoms with Gasteiger partial charge in [0, 0.05) is 31.9 Å². The Morgan fingerprint density at radius 3 is 2.76 bits per heavy atom. The van der Waals surface area contributed by atoms with Gasteiger partial charge in [0.25, 0.3) is 0 Å². The summed E-state index contributed by atoms with van der Waals surface area (Å²) in [6.45, 7) is 7.12. The number of aliphatic imine (C=N–C) groups is 1. The minimum atomic E-state index is 0. The van der Waals surface area contributed by atoms with Gasteiger partial charge in [-0.25, -0.2) is 0 Å². The first-order valence-corrected chi connectivity index (χ1v) is 8.24. The van der Waals surface area contributed by atoms with Gasteiger partial charge in [-0.3, -0.25) is 9.67 Å². The van der Waals surface area contributed by atoms with Gasteiger partial charge in [-0.15, -0.1) is 24.0 Å². The first kappa shape index (κ1) is 21.3. The van der Waals surface area contributed by atoms with Crippen molar-refractivity contribution in [2.24, 2.45) is 4.99 Å². The lowest BCUT2D eigenvalue weighted by Crippen LogP contribution is -2.38. The number of rotatable bonds is 7. The highest BCUT2D eigenvalue weighted by Crippen LogP contribution is 2.18. The number of benzene rings is 1. The molecule has 25 heavy (non-hydrogen) atoms. The molecule has 0 atom stereocenters. The minimum Gasteiger partial charge on any atom is -0.496 e. The fourth-order valence-electron chi connectivity index (χ4n) is 2.48. The molecule has 0 spiro atoms. The molecule has 2 aromatic rings. The number of methoxy groups -OCH3 is 1. The van der Waals surface area contributed by atoms with E-state index < -0.39 is 0 Å². The number of aryl methyl sites for hydroxylation is 1. The maximum absolute atomic E-state index is 5.43. The van der Waals surface area contributed by atoms with E-state index in [1.54, 1.807) is 7.11 Å². The molecule has 0 aliphatic heterocycles. The average Bonchev–Trinajstić information content (AvgIpc) is 3.00. The van der Waals surface area contributed by atoms with E-state index in [4.69, 9.17) is 9.73 Å². The highest BCUT2D eigenvalue weighted by Gasteiger charge is 2.09. The van der Waals surface area contributed by atoms with Crippen molar-refractivity contribution < 1.29 is 4.74 Å². The summed E-state index contributed by atoms with van der Waals surface area (Å²) in [6.07, 6.45) is 3.89. The molecule has 0 aliphatic carbocycles. The van der Waals surface area contributed by atoms with Crippen molar-refractivity contribution >= 4 is 29.9 Å². The number of aromatic nitrogens is 2. The fraction of sp³-hybridized carbons (Fsp3) is 0.444. The first-order valence-electron chi connectivity index (χ1n) is 8.24. The molecule has 0 aliphatic rings. The number of nitrogens with one attached hydrogen (secondary N) is 1. The Kier molecular flexibility index (Phi) is 9.33. The number of para-hydroxylation sites is 1. The van der Waals surface area contributed by atoms with Crippen LogP contribution in [0.15, 0.2) is 41.7 Å². The smallest absolute Gasteiger partial charge is 0.194 e. The zero-order valence-electron chi connectivity index (χ0n) is 15.4. The lowest BCUT2D eigenvalue weighted by Gasteiger charge is -2.23. The SMILES string of the molecule is CCNC(=NCCn1cc(C)cn1)N(C)Cc1ccccc1OC.I. The molecule has 1 N–H and O–H groups in total. The van der Waals surface area contributed by atoms with E-state index in [2.05, 4.69) is 28.3 Å². The van der Waals surface area contributed by atoms with Gasteiger partial charge in [0.05, 0.1) is 26.4 Å². The minimum absolute atomic E-state index is 0. The molecular weight excluding hydrogens is 429 g/mol. The summed E-state index contributed by atoms with van der Waals surface area (Å²) >= 11 is 0. The number of guanidine groups is 1. The van der Waals surface area contributed by atoms with Crippen molar-refractivity contribution in [2.75, 3.05) is 27.2 Å². The molecule has 0 fully saturated rings. The van der Waals surface area contributed by atoms with Crippen molar-refractivity contribution in [2.45, 2.75) is 26.9 Å². The summed E-state index contributed by atoms with van der Waals surface area (Å²) < 4.78 is 7.35. The summed E-state index contributed by atoms with van der Waals surface area (Å²) in [5.74, 6) is 1.78. The molecule has 1 aromatic carbocycles. The van der Waals surface area contributed by atoms with Crippen LogP contribution in [-0.2, 0) is 13.1 Å². The second kappa shape index (κ2) is 11.0. The Labute approximate surface area is 167 Å². The number of hydrogen-bond acceptors (Lipinski definition) is 3. The van der Waals surface area contributed by atoms with E-state index in [0.717, 1.165) is 36.9 Å². The van der Waals surface area contributed by atoms with E-state index in [-0.39, 0.29) is 24.0 Å². The summed E-state index contributed by atoms with van der Waals surface area (Å²) in [7, 11) is 3.73. The zero-order chi connectivity index (χ0) is 17.4. The number of ether oxygens (including phenoxy) is 1. The highest BCUT2D eigenvalue weighted by atomic mass is 127. The maximum atomic E-state index is 5.43. The Morgan fingerprint density at radius 2 is 2.12 bits per heavy atom. The number of hydrogen-bond donors (Lipinski definition) is 1. The van der Waals surface area contributed by atoms with E-state index in [1.807, 2.05) is 49.2 Å². The van der Waals surface area contributed by atoms with E-state index >= 15 is 0 Å². The van der Waals surface area contributed by atoms with Crippen molar-refractivity contribution in [1.82, 2.24) is 20.0 Å². The molecule has 2 rings (SSSR count). The predicted octanol–water partition coefficient (Wildman–Crippen LogP) is 2.92. The van der Waals surface area contributed by atoms with Gasteiger partial charge in [-0.1, -0.05) is 18.2 Å². The summed E-state index contributed by atoms with van der Waals surface area (Å²) in [5, 5.41) is 7.63. The Balaban J connectivity index is 0.00000312. The van der Waals surface area contributed by atoms with Gasteiger partial charge in [-0.2, -0.15) is 5.10 Å². The highest BCUT2D eigenvalue weighted by molar-refractivity contribution is 14.0. The Morgan fingerprint density at radius 1 is 1.36 bits per heavy atom. The topological polar surface area (TPSA) is 54.7 Å². The molecule has 0 saturated carbocycles. The first-order chi connectivity index (χ1) is 11.6. The van der Waals surface area contributed by atoms with Crippen LogP contribution < -0.4 is 10.1 Å². The summed E-state index contributed by atoms with van der Waals surface area (Å²) in [5.41, 5.74) is 2.30. The molecule has 1 aromatic heterocycles. The van der Waals surface area contributed by atoms with Crippen LogP contribution in [0.25, 0.3) is 0 Å². The lowest BCUT2D eigenvalue weighted by atomic mass is 10.2. The van der Waals surface area contributed by atoms with Crippen LogP contribution in [0.3, 0.4) is 0 Å². The molecule has 138 valence electrons. The lowest BCUT2D eigenvalue weighted by molar-refractivity contribution is 0.396. The van der Waals surface area contributed by atoms with Crippen LogP contribution in [-0.4, -0.2) is 47.9 Å². The molecule has 0 unspecified atom stereocenters. The Bertz CT molecular complexity index is 671. The third kappa shape index (κ3) is 6.56. The molecule has 0 bridgehead atoms. The second-order valence-electron chi connectivity index (χ2n) is 5.68. The van der Waals surface area contributed by atoms with Crippen LogP contribution in [0.4, 0.5) is 0 Å². The molecule has 0 amide bonds. The van der Waals surface area contributed by atoms with Gasteiger partial charge < -0.3 is 15.0 Å². The average molecular weight is 457 g/mol. The van der Waals surface area contributed by atoms with E-state index in [1.165, 1.54) is 5.56 Å². The van der Waals surface area contributed by atoms with Gasteiger partial charge in [0.1, 0.15) is 5.75 Å². The van der Waals surface area contributed by atoms with Crippen molar-refractivity contribution in [3.63, 3.8) is 0 Å². The molecule has 1 heterocycles. The van der Waals surface area contributed by atoms with Crippen LogP contribution in [0, 0.1) is 6.92 Å². The summed E-state index contributed by atoms with van der Waals surface area (Å²) in [4.78, 5) is 6.81. The third-order valence-electron chi connectivity index (χ3n) is 3.65. The Hall–Kier alpha value is -1.77. The quantitative estimate of drug-likeness (QED) is 0.395. The zero-order valence-corrected chi connectivity index (χ0v) is 17.7. The molecule has 0 radical (unpaired) electrons. The van der Waals surface area contributed by atoms with Gasteiger partial charge >= 0.3 is 0 Å². The second-order valence-corrected chi connectivity index (χ2v) is 5.68. The van der Waals surface area contributed by atoms with Crippen LogP contribution in [0.1, 0.15) is 18.1 Å². The van der Waals surface area contributed by atoms with Gasteiger partial charge in [-0.05, 0) is 25.5 Å². The largest absolute Gasteiger partial charge is 0.496 e. The monoisotopic (exact) mass is 457 g/mol. The molecule has 6 nitrogen and oxygen atoms in total. The normalized spacial score (nSPS) is 11.0. The van der Waals surface area contributed by atoms with Crippen LogP contribution in [0.5, 0.6) is 5.75 Å². The van der Waals surface area contributed by atoms with Crippen LogP contribution in [0.2, 0.25) is 0 Å². The maximum Gasteiger partial charge on any atom is 0.194 e. The van der Waals surface area contributed by atoms with Gasteiger partial charge in [0.2, 0.25) is 0 Å². The molecular formula is C18H28IN5O. The third-order valence-corrected chi connectivity index (χ3v) is 3.65. The molecule has 7 heteroatoms. The number of halogens is 1. The van der Waals surface area contributed by atoms with E-state index in [9.17, 15) is 0 Å². The molecule has 0 saturated heterocycles. The fourth-order valence-corrected chi connectivity index (χ4v) is 2.48. The predicted molar refractivity (Wildman–Crippen MR) is 113 cm³/mol. The van der Waals surface area contributed by atoms with Gasteiger partial charge in [0.15, 0.2) is 5.96 Å². The standard InChI is InChI=1S/C18H27N5O.HI/c1-5-19-18(20-10-11-23-13-15(2)12-21-23)22(3)14-16-8-6-7-9-17(16)24-4;/h6-9,12-13H,5,10-11,14H2,1-4H3,(H,19,20);1H. The van der Waals surface area contributed by atoms with Crippen molar-refractivity contribution in [3.8, 4) is 5.75 Å². The van der Waals surface area contributed by atoms with Crippen molar-refractivity contribution in [3.05, 3.63) is 47.8 Å². The summed E-state index contributed by atoms with van der Waals surface area (Å²) in [6, 6.07) is 8.06. The van der Waals surface area contributed by atoms with E-state index in [0.29, 0.717) is 6.54 Å².